The second-order valence-corrected chi connectivity index (χ2v) is 6.27. The van der Waals surface area contributed by atoms with E-state index in [1.165, 1.54) is 24.1 Å². The lowest BCUT2D eigenvalue weighted by molar-refractivity contribution is -0.0336. The highest BCUT2D eigenvalue weighted by Crippen LogP contribution is 2.43. The van der Waals surface area contributed by atoms with E-state index in [0.717, 1.165) is 25.3 Å². The third kappa shape index (κ3) is 2.17. The summed E-state index contributed by atoms with van der Waals surface area (Å²) < 4.78 is 0. The maximum Gasteiger partial charge on any atom is 0.0771 e. The van der Waals surface area contributed by atoms with Crippen molar-refractivity contribution >= 4 is 11.3 Å². The maximum atomic E-state index is 10.1. The maximum absolute atomic E-state index is 10.1. The summed E-state index contributed by atoms with van der Waals surface area (Å²) in [4.78, 5) is 1.44. The van der Waals surface area contributed by atoms with Crippen molar-refractivity contribution in [1.82, 2.24) is 5.32 Å². The fourth-order valence-corrected chi connectivity index (χ4v) is 3.35. The van der Waals surface area contributed by atoms with Gasteiger partial charge >= 0.3 is 0 Å². The van der Waals surface area contributed by atoms with E-state index in [-0.39, 0.29) is 0 Å². The van der Waals surface area contributed by atoms with Crippen molar-refractivity contribution in [1.29, 1.82) is 0 Å². The smallest absolute Gasteiger partial charge is 0.0771 e. The predicted molar refractivity (Wildman–Crippen MR) is 66.6 cm³/mol. The summed E-state index contributed by atoms with van der Waals surface area (Å²) in [5.41, 5.74) is -0.398. The molecule has 3 rings (SSSR count). The summed E-state index contributed by atoms with van der Waals surface area (Å²) in [5, 5.41) is 15.8. The molecule has 0 spiro atoms. The van der Waals surface area contributed by atoms with E-state index < -0.39 is 5.60 Å². The first-order valence-corrected chi connectivity index (χ1v) is 7.14. The van der Waals surface area contributed by atoms with Crippen LogP contribution < -0.4 is 5.32 Å². The van der Waals surface area contributed by atoms with Crippen LogP contribution in [0.15, 0.2) is 17.5 Å². The molecule has 2 aliphatic rings. The van der Waals surface area contributed by atoms with E-state index in [9.17, 15) is 5.11 Å². The minimum atomic E-state index is -0.398. The van der Waals surface area contributed by atoms with Gasteiger partial charge in [0.1, 0.15) is 0 Å². The standard InChI is InChI=1S/C13H19NOS/c15-13(6-2-7-13)9-14-12(10-4-5-10)11-3-1-8-16-11/h1,3,8,10,12,14-15H,2,4-7,9H2. The van der Waals surface area contributed by atoms with Gasteiger partial charge in [-0.2, -0.15) is 0 Å². The average Bonchev–Trinajstić information content (AvgIpc) is 2.92. The molecule has 2 N–H and O–H groups in total. The van der Waals surface area contributed by atoms with Gasteiger partial charge in [-0.3, -0.25) is 0 Å². The lowest BCUT2D eigenvalue weighted by Gasteiger charge is -2.38. The van der Waals surface area contributed by atoms with Gasteiger partial charge in [-0.1, -0.05) is 6.07 Å². The summed E-state index contributed by atoms with van der Waals surface area (Å²) in [6.45, 7) is 0.770. The topological polar surface area (TPSA) is 32.3 Å². The molecule has 1 heterocycles. The van der Waals surface area contributed by atoms with E-state index in [4.69, 9.17) is 0 Å². The van der Waals surface area contributed by atoms with Gasteiger partial charge < -0.3 is 10.4 Å². The monoisotopic (exact) mass is 237 g/mol. The number of thiophene rings is 1. The molecule has 0 saturated heterocycles. The van der Waals surface area contributed by atoms with Crippen molar-refractivity contribution < 1.29 is 5.11 Å². The lowest BCUT2D eigenvalue weighted by atomic mass is 9.80. The van der Waals surface area contributed by atoms with Gasteiger partial charge in [-0.25, -0.2) is 0 Å². The number of hydrogen-bond donors (Lipinski definition) is 2. The second-order valence-electron chi connectivity index (χ2n) is 5.29. The Morgan fingerprint density at radius 2 is 2.31 bits per heavy atom. The highest BCUT2D eigenvalue weighted by molar-refractivity contribution is 7.10. The van der Waals surface area contributed by atoms with Crippen LogP contribution in [0.2, 0.25) is 0 Å². The molecule has 1 atom stereocenters. The van der Waals surface area contributed by atoms with Crippen molar-refractivity contribution in [3.05, 3.63) is 22.4 Å². The van der Waals surface area contributed by atoms with Crippen LogP contribution in [0, 0.1) is 5.92 Å². The number of aliphatic hydroxyl groups is 1. The Kier molecular flexibility index (Phi) is 2.78. The molecule has 0 bridgehead atoms. The van der Waals surface area contributed by atoms with Crippen LogP contribution in [0.25, 0.3) is 0 Å². The Balaban J connectivity index is 1.61. The van der Waals surface area contributed by atoms with Crippen LogP contribution in [-0.2, 0) is 0 Å². The molecule has 1 aromatic rings. The van der Waals surface area contributed by atoms with Gasteiger partial charge in [0.2, 0.25) is 0 Å². The van der Waals surface area contributed by atoms with Crippen molar-refractivity contribution in [2.45, 2.75) is 43.7 Å². The molecule has 0 aliphatic heterocycles. The van der Waals surface area contributed by atoms with Gasteiger partial charge in [0.25, 0.3) is 0 Å². The summed E-state index contributed by atoms with van der Waals surface area (Å²) in [6.07, 6.45) is 5.82. The zero-order valence-corrected chi connectivity index (χ0v) is 10.3. The molecule has 1 unspecified atom stereocenters. The summed E-state index contributed by atoms with van der Waals surface area (Å²) >= 11 is 1.83. The van der Waals surface area contributed by atoms with E-state index >= 15 is 0 Å². The van der Waals surface area contributed by atoms with E-state index in [0.29, 0.717) is 6.04 Å². The van der Waals surface area contributed by atoms with Crippen molar-refractivity contribution in [2.75, 3.05) is 6.54 Å². The number of rotatable bonds is 5. The second kappa shape index (κ2) is 4.13. The Bertz CT molecular complexity index is 341. The molecule has 0 aromatic carbocycles. The molecule has 0 amide bonds. The SMILES string of the molecule is OC1(CNC(c2cccs2)C2CC2)CCC1. The lowest BCUT2D eigenvalue weighted by Crippen LogP contribution is -2.47. The zero-order valence-electron chi connectivity index (χ0n) is 9.48. The minimum Gasteiger partial charge on any atom is -0.389 e. The summed E-state index contributed by atoms with van der Waals surface area (Å²) in [5.74, 6) is 0.808. The molecule has 2 saturated carbocycles. The molecular formula is C13H19NOS. The van der Waals surface area contributed by atoms with E-state index in [1.807, 2.05) is 11.3 Å². The fourth-order valence-electron chi connectivity index (χ4n) is 2.46. The fraction of sp³-hybridized carbons (Fsp3) is 0.692. The van der Waals surface area contributed by atoms with Crippen molar-refractivity contribution in [3.63, 3.8) is 0 Å². The normalized spacial score (nSPS) is 25.1. The molecule has 0 radical (unpaired) electrons. The average molecular weight is 237 g/mol. The van der Waals surface area contributed by atoms with E-state index in [2.05, 4.69) is 22.8 Å². The van der Waals surface area contributed by atoms with Gasteiger partial charge in [-0.15, -0.1) is 11.3 Å². The molecule has 1 aromatic heterocycles. The Labute approximate surface area is 101 Å². The zero-order chi connectivity index (χ0) is 11.0. The van der Waals surface area contributed by atoms with Crippen LogP contribution in [0.5, 0.6) is 0 Å². The van der Waals surface area contributed by atoms with Gasteiger partial charge in [-0.05, 0) is 49.5 Å². The number of hydrogen-bond acceptors (Lipinski definition) is 3. The van der Waals surface area contributed by atoms with Crippen LogP contribution in [-0.4, -0.2) is 17.3 Å². The first kappa shape index (κ1) is 10.8. The molecular weight excluding hydrogens is 218 g/mol. The highest BCUT2D eigenvalue weighted by atomic mass is 32.1. The molecule has 88 valence electrons. The summed E-state index contributed by atoms with van der Waals surface area (Å²) in [7, 11) is 0. The third-order valence-electron chi connectivity index (χ3n) is 3.88. The molecule has 16 heavy (non-hydrogen) atoms. The largest absolute Gasteiger partial charge is 0.389 e. The minimum absolute atomic E-state index is 0.398. The van der Waals surface area contributed by atoms with Crippen LogP contribution >= 0.6 is 11.3 Å². The van der Waals surface area contributed by atoms with Gasteiger partial charge in [0.05, 0.1) is 5.60 Å². The van der Waals surface area contributed by atoms with Crippen molar-refractivity contribution in [2.24, 2.45) is 5.92 Å². The first-order valence-electron chi connectivity index (χ1n) is 6.26. The Morgan fingerprint density at radius 1 is 1.50 bits per heavy atom. The molecule has 2 nitrogen and oxygen atoms in total. The quantitative estimate of drug-likeness (QED) is 0.825. The summed E-state index contributed by atoms with van der Waals surface area (Å²) in [6, 6.07) is 4.82. The van der Waals surface area contributed by atoms with Crippen LogP contribution in [0.4, 0.5) is 0 Å². The molecule has 2 fully saturated rings. The third-order valence-corrected chi connectivity index (χ3v) is 4.83. The molecule has 2 aliphatic carbocycles. The van der Waals surface area contributed by atoms with Crippen LogP contribution in [0.3, 0.4) is 0 Å². The highest BCUT2D eigenvalue weighted by Gasteiger charge is 2.38. The predicted octanol–water partition coefficient (Wildman–Crippen LogP) is 2.70. The number of nitrogens with one attached hydrogen (secondary N) is 1. The van der Waals surface area contributed by atoms with E-state index in [1.54, 1.807) is 0 Å². The molecule has 3 heteroatoms. The van der Waals surface area contributed by atoms with Gasteiger partial charge in [0.15, 0.2) is 0 Å². The Hall–Kier alpha value is -0.380. The Morgan fingerprint density at radius 3 is 2.81 bits per heavy atom. The van der Waals surface area contributed by atoms with Crippen molar-refractivity contribution in [3.8, 4) is 0 Å². The van der Waals surface area contributed by atoms with Gasteiger partial charge in [0, 0.05) is 17.5 Å². The van der Waals surface area contributed by atoms with Crippen LogP contribution in [0.1, 0.15) is 43.0 Å². The first-order chi connectivity index (χ1) is 7.77.